The van der Waals surface area contributed by atoms with Gasteiger partial charge in [-0.3, -0.25) is 0 Å². The maximum atomic E-state index is 5.26. The van der Waals surface area contributed by atoms with Gasteiger partial charge in [-0.1, -0.05) is 27.4 Å². The van der Waals surface area contributed by atoms with Crippen molar-refractivity contribution in [3.63, 3.8) is 0 Å². The van der Waals surface area contributed by atoms with Crippen LogP contribution in [-0.4, -0.2) is 13.2 Å². The van der Waals surface area contributed by atoms with E-state index in [9.17, 15) is 0 Å². The Kier molecular flexibility index (Phi) is 4.37. The Morgan fingerprint density at radius 1 is 1.50 bits per heavy atom. The molecule has 0 spiro atoms. The van der Waals surface area contributed by atoms with Crippen LogP contribution in [0, 0.1) is 5.92 Å². The van der Waals surface area contributed by atoms with Crippen molar-refractivity contribution < 1.29 is 4.74 Å². The van der Waals surface area contributed by atoms with E-state index in [1.165, 1.54) is 5.57 Å². The van der Waals surface area contributed by atoms with Crippen molar-refractivity contribution in [3.8, 4) is 0 Å². The van der Waals surface area contributed by atoms with Gasteiger partial charge in [-0.25, -0.2) is 0 Å². The van der Waals surface area contributed by atoms with Crippen LogP contribution in [0.1, 0.15) is 27.2 Å². The monoisotopic (exact) mass is 142 g/mol. The zero-order valence-corrected chi connectivity index (χ0v) is 7.48. The Hall–Kier alpha value is -0.300. The lowest BCUT2D eigenvalue weighted by molar-refractivity contribution is 0.0920. The molecule has 0 amide bonds. The van der Waals surface area contributed by atoms with Crippen LogP contribution >= 0.6 is 0 Å². The first-order valence-electron chi connectivity index (χ1n) is 3.83. The summed E-state index contributed by atoms with van der Waals surface area (Å²) in [7, 11) is 1.74. The van der Waals surface area contributed by atoms with E-state index >= 15 is 0 Å². The van der Waals surface area contributed by atoms with Crippen LogP contribution in [0.25, 0.3) is 0 Å². The van der Waals surface area contributed by atoms with Gasteiger partial charge in [-0.2, -0.15) is 0 Å². The number of rotatable bonds is 4. The highest BCUT2D eigenvalue weighted by atomic mass is 16.5. The fraction of sp³-hybridized carbons (Fsp3) is 0.778. The molecule has 0 aliphatic carbocycles. The lowest BCUT2D eigenvalue weighted by Gasteiger charge is -2.20. The molecular formula is C9H18O. The SMILES string of the molecule is C=C(CC)[C@H](OC)C(C)C. The van der Waals surface area contributed by atoms with Crippen LogP contribution in [0.15, 0.2) is 12.2 Å². The Morgan fingerprint density at radius 3 is 2.10 bits per heavy atom. The zero-order chi connectivity index (χ0) is 8.15. The minimum atomic E-state index is 0.241. The largest absolute Gasteiger partial charge is 0.377 e. The molecule has 1 atom stereocenters. The molecule has 0 aliphatic rings. The second kappa shape index (κ2) is 4.51. The molecule has 0 rings (SSSR count). The summed E-state index contributed by atoms with van der Waals surface area (Å²) in [5, 5.41) is 0. The molecule has 10 heavy (non-hydrogen) atoms. The average Bonchev–Trinajstić information content (AvgIpc) is 1.88. The number of ether oxygens (including phenoxy) is 1. The van der Waals surface area contributed by atoms with Gasteiger partial charge in [0.15, 0.2) is 0 Å². The topological polar surface area (TPSA) is 9.23 Å². The molecule has 0 aromatic carbocycles. The summed E-state index contributed by atoms with van der Waals surface area (Å²) in [6, 6.07) is 0. The average molecular weight is 142 g/mol. The summed E-state index contributed by atoms with van der Waals surface area (Å²) in [6.07, 6.45) is 1.25. The second-order valence-electron chi connectivity index (χ2n) is 2.91. The van der Waals surface area contributed by atoms with Crippen molar-refractivity contribution in [3.05, 3.63) is 12.2 Å². The third-order valence-electron chi connectivity index (χ3n) is 1.72. The summed E-state index contributed by atoms with van der Waals surface area (Å²) in [4.78, 5) is 0. The number of methoxy groups -OCH3 is 1. The van der Waals surface area contributed by atoms with Gasteiger partial charge in [0.2, 0.25) is 0 Å². The van der Waals surface area contributed by atoms with E-state index in [-0.39, 0.29) is 6.10 Å². The summed E-state index contributed by atoms with van der Waals surface area (Å²) in [5.74, 6) is 0.539. The highest BCUT2D eigenvalue weighted by molar-refractivity contribution is 5.02. The van der Waals surface area contributed by atoms with Crippen LogP contribution < -0.4 is 0 Å². The van der Waals surface area contributed by atoms with Gasteiger partial charge in [0.05, 0.1) is 6.10 Å². The van der Waals surface area contributed by atoms with Gasteiger partial charge in [-0.05, 0) is 17.9 Å². The summed E-state index contributed by atoms with van der Waals surface area (Å²) >= 11 is 0. The molecule has 0 unspecified atom stereocenters. The maximum Gasteiger partial charge on any atom is 0.0801 e. The van der Waals surface area contributed by atoms with Crippen LogP contribution in [-0.2, 0) is 4.74 Å². The predicted octanol–water partition coefficient (Wildman–Crippen LogP) is 2.62. The Morgan fingerprint density at radius 2 is 2.00 bits per heavy atom. The van der Waals surface area contributed by atoms with E-state index in [0.29, 0.717) is 5.92 Å². The van der Waals surface area contributed by atoms with Gasteiger partial charge < -0.3 is 4.74 Å². The Balaban J connectivity index is 3.93. The van der Waals surface area contributed by atoms with Gasteiger partial charge in [0, 0.05) is 7.11 Å². The summed E-state index contributed by atoms with van der Waals surface area (Å²) in [6.45, 7) is 10.3. The highest BCUT2D eigenvalue weighted by Gasteiger charge is 2.13. The molecule has 0 aliphatic heterocycles. The minimum absolute atomic E-state index is 0.241. The molecule has 0 fully saturated rings. The third kappa shape index (κ3) is 2.53. The minimum Gasteiger partial charge on any atom is -0.377 e. The zero-order valence-electron chi connectivity index (χ0n) is 7.48. The van der Waals surface area contributed by atoms with E-state index in [2.05, 4.69) is 27.4 Å². The standard InChI is InChI=1S/C9H18O/c1-6-8(4)9(10-5)7(2)3/h7,9H,4,6H2,1-3,5H3/t9-/m1/s1. The maximum absolute atomic E-state index is 5.26. The van der Waals surface area contributed by atoms with Gasteiger partial charge in [0.1, 0.15) is 0 Å². The molecule has 1 nitrogen and oxygen atoms in total. The van der Waals surface area contributed by atoms with Gasteiger partial charge in [0.25, 0.3) is 0 Å². The normalized spacial score (nSPS) is 13.7. The van der Waals surface area contributed by atoms with E-state index in [1.807, 2.05) is 0 Å². The molecule has 0 bridgehead atoms. The van der Waals surface area contributed by atoms with E-state index in [1.54, 1.807) is 7.11 Å². The summed E-state index contributed by atoms with van der Waals surface area (Å²) < 4.78 is 5.26. The lowest BCUT2D eigenvalue weighted by Crippen LogP contribution is -2.19. The third-order valence-corrected chi connectivity index (χ3v) is 1.72. The molecule has 0 N–H and O–H groups in total. The molecule has 60 valence electrons. The lowest BCUT2D eigenvalue weighted by atomic mass is 9.98. The van der Waals surface area contributed by atoms with Crippen molar-refractivity contribution in [2.45, 2.75) is 33.3 Å². The van der Waals surface area contributed by atoms with Crippen LogP contribution in [0.2, 0.25) is 0 Å². The smallest absolute Gasteiger partial charge is 0.0801 e. The predicted molar refractivity (Wildman–Crippen MR) is 45.1 cm³/mol. The van der Waals surface area contributed by atoms with Crippen LogP contribution in [0.5, 0.6) is 0 Å². The van der Waals surface area contributed by atoms with Crippen molar-refractivity contribution in [2.75, 3.05) is 7.11 Å². The molecule has 0 saturated heterocycles. The Labute approximate surface area is 64.1 Å². The number of hydrogen-bond acceptors (Lipinski definition) is 1. The van der Waals surface area contributed by atoms with E-state index in [4.69, 9.17) is 4.74 Å². The fourth-order valence-corrected chi connectivity index (χ4v) is 1.11. The highest BCUT2D eigenvalue weighted by Crippen LogP contribution is 2.15. The first-order valence-corrected chi connectivity index (χ1v) is 3.83. The molecular weight excluding hydrogens is 124 g/mol. The first kappa shape index (κ1) is 9.70. The van der Waals surface area contributed by atoms with Gasteiger partial charge >= 0.3 is 0 Å². The summed E-state index contributed by atoms with van der Waals surface area (Å²) in [5.41, 5.74) is 1.19. The van der Waals surface area contributed by atoms with E-state index in [0.717, 1.165) is 6.42 Å². The first-order chi connectivity index (χ1) is 4.63. The van der Waals surface area contributed by atoms with E-state index < -0.39 is 0 Å². The Bertz CT molecular complexity index is 105. The van der Waals surface area contributed by atoms with Crippen molar-refractivity contribution >= 4 is 0 Å². The van der Waals surface area contributed by atoms with Crippen molar-refractivity contribution in [1.82, 2.24) is 0 Å². The molecule has 0 heterocycles. The van der Waals surface area contributed by atoms with Crippen LogP contribution in [0.3, 0.4) is 0 Å². The molecule has 0 aromatic heterocycles. The van der Waals surface area contributed by atoms with Crippen molar-refractivity contribution in [2.24, 2.45) is 5.92 Å². The molecule has 1 heteroatoms. The second-order valence-corrected chi connectivity index (χ2v) is 2.91. The van der Waals surface area contributed by atoms with Crippen LogP contribution in [0.4, 0.5) is 0 Å². The van der Waals surface area contributed by atoms with Gasteiger partial charge in [-0.15, -0.1) is 0 Å². The molecule has 0 aromatic rings. The number of hydrogen-bond donors (Lipinski definition) is 0. The quantitative estimate of drug-likeness (QED) is 0.548. The molecule has 0 saturated carbocycles. The fourth-order valence-electron chi connectivity index (χ4n) is 1.11. The van der Waals surface area contributed by atoms with Crippen molar-refractivity contribution in [1.29, 1.82) is 0 Å². The molecule has 0 radical (unpaired) electrons.